The van der Waals surface area contributed by atoms with Gasteiger partial charge in [0.1, 0.15) is 10.6 Å². The molecule has 2 heterocycles. The number of ether oxygens (including phenoxy) is 1. The number of benzene rings is 1. The summed E-state index contributed by atoms with van der Waals surface area (Å²) < 4.78 is 28.4. The maximum absolute atomic E-state index is 11.3. The molecule has 0 spiro atoms. The first-order valence-corrected chi connectivity index (χ1v) is 11.1. The Balaban J connectivity index is 1.63. The number of aryl methyl sites for hydroxylation is 1. The molecule has 1 amide bonds. The van der Waals surface area contributed by atoms with Gasteiger partial charge >= 0.3 is 0 Å². The molecule has 1 aromatic carbocycles. The van der Waals surface area contributed by atoms with Crippen LogP contribution in [0.5, 0.6) is 11.6 Å². The minimum Gasteiger partial charge on any atom is -0.437 e. The van der Waals surface area contributed by atoms with Gasteiger partial charge in [0.25, 0.3) is 0 Å². The van der Waals surface area contributed by atoms with Crippen molar-refractivity contribution >= 4 is 15.9 Å². The van der Waals surface area contributed by atoms with Crippen LogP contribution in [0.1, 0.15) is 19.0 Å². The van der Waals surface area contributed by atoms with Crippen LogP contribution in [0.2, 0.25) is 0 Å². The van der Waals surface area contributed by atoms with Crippen molar-refractivity contribution in [1.29, 1.82) is 0 Å². The highest BCUT2D eigenvalue weighted by Gasteiger charge is 2.09. The molecule has 0 aliphatic heterocycles. The normalized spacial score (nSPS) is 11.2. The van der Waals surface area contributed by atoms with Crippen LogP contribution in [-0.2, 0) is 21.2 Å². The number of sulfonamides is 1. The summed E-state index contributed by atoms with van der Waals surface area (Å²) in [6.07, 6.45) is 5.90. The van der Waals surface area contributed by atoms with E-state index in [2.05, 4.69) is 15.0 Å². The van der Waals surface area contributed by atoms with E-state index >= 15 is 0 Å². The second kappa shape index (κ2) is 9.63. The van der Waals surface area contributed by atoms with Crippen LogP contribution in [0, 0.1) is 0 Å². The summed E-state index contributed by atoms with van der Waals surface area (Å²) in [5.41, 5.74) is 2.18. The molecule has 0 saturated heterocycles. The summed E-state index contributed by atoms with van der Waals surface area (Å²) in [5, 5.41) is 5.09. The van der Waals surface area contributed by atoms with Crippen LogP contribution in [0.25, 0.3) is 11.3 Å². The van der Waals surface area contributed by atoms with Crippen molar-refractivity contribution in [1.82, 2.24) is 19.9 Å². The Morgan fingerprint density at radius 1 is 1.10 bits per heavy atom. The highest BCUT2D eigenvalue weighted by molar-refractivity contribution is 7.89. The van der Waals surface area contributed by atoms with E-state index in [1.165, 1.54) is 25.4 Å². The van der Waals surface area contributed by atoms with Gasteiger partial charge in [0.15, 0.2) is 0 Å². The number of amides is 1. The van der Waals surface area contributed by atoms with Crippen molar-refractivity contribution in [3.63, 3.8) is 0 Å². The first-order valence-electron chi connectivity index (χ1n) is 9.52. The predicted octanol–water partition coefficient (Wildman–Crippen LogP) is 2.39. The van der Waals surface area contributed by atoms with Crippen molar-refractivity contribution < 1.29 is 17.9 Å². The van der Waals surface area contributed by atoms with Crippen molar-refractivity contribution in [2.45, 2.75) is 24.7 Å². The monoisotopic (exact) mass is 441 g/mol. The number of nitrogens with two attached hydrogens (primary N) is 1. The van der Waals surface area contributed by atoms with Crippen molar-refractivity contribution in [3.05, 3.63) is 60.7 Å². The number of carbonyl (C=O) groups is 1. The van der Waals surface area contributed by atoms with E-state index < -0.39 is 10.0 Å². The highest BCUT2D eigenvalue weighted by Crippen LogP contribution is 2.24. The molecule has 0 aliphatic rings. The first kappa shape index (κ1) is 22.3. The summed E-state index contributed by atoms with van der Waals surface area (Å²) in [5.74, 6) is 0.982. The second-order valence-corrected chi connectivity index (χ2v) is 8.50. The van der Waals surface area contributed by atoms with Crippen molar-refractivity contribution in [2.75, 3.05) is 13.6 Å². The van der Waals surface area contributed by atoms with Crippen molar-refractivity contribution in [2.24, 2.45) is 5.14 Å². The predicted molar refractivity (Wildman–Crippen MR) is 115 cm³/mol. The lowest BCUT2D eigenvalue weighted by molar-refractivity contribution is -0.127. The molecule has 0 saturated carbocycles. The molecule has 162 valence electrons. The Kier molecular flexibility index (Phi) is 6.93. The summed E-state index contributed by atoms with van der Waals surface area (Å²) >= 11 is 0. The Labute approximate surface area is 181 Å². The number of aromatic nitrogens is 3. The number of nitrogens with zero attached hydrogens (tertiary/aromatic N) is 4. The zero-order chi connectivity index (χ0) is 22.4. The van der Waals surface area contributed by atoms with Crippen LogP contribution in [0.15, 0.2) is 59.9 Å². The van der Waals surface area contributed by atoms with E-state index in [1.807, 2.05) is 12.1 Å². The van der Waals surface area contributed by atoms with E-state index in [1.54, 1.807) is 36.3 Å². The number of hydrogen-bond acceptors (Lipinski definition) is 7. The van der Waals surface area contributed by atoms with Gasteiger partial charge in [-0.1, -0.05) is 0 Å². The smallest absolute Gasteiger partial charge is 0.239 e. The van der Waals surface area contributed by atoms with Gasteiger partial charge < -0.3 is 9.64 Å². The number of carbonyl (C=O) groups excluding carboxylic acids is 1. The molecular weight excluding hydrogens is 418 g/mol. The molecule has 0 fully saturated rings. The lowest BCUT2D eigenvalue weighted by Gasteiger charge is -2.14. The minimum atomic E-state index is -3.77. The Morgan fingerprint density at radius 2 is 1.84 bits per heavy atom. The second-order valence-electron chi connectivity index (χ2n) is 6.94. The average molecular weight is 442 g/mol. The maximum atomic E-state index is 11.3. The molecule has 3 rings (SSSR count). The number of rotatable bonds is 8. The molecule has 2 N–H and O–H groups in total. The Hall–Kier alpha value is -3.37. The van der Waals surface area contributed by atoms with Gasteiger partial charge in [-0.15, -0.1) is 0 Å². The molecule has 0 atom stereocenters. The van der Waals surface area contributed by atoms with E-state index in [0.717, 1.165) is 17.7 Å². The molecule has 0 bridgehead atoms. The van der Waals surface area contributed by atoms with Gasteiger partial charge in [-0.3, -0.25) is 14.8 Å². The fraction of sp³-hybridized carbons (Fsp3) is 0.238. The van der Waals surface area contributed by atoms with Crippen LogP contribution < -0.4 is 9.88 Å². The molecule has 0 aliphatic carbocycles. The minimum absolute atomic E-state index is 0.0298. The van der Waals surface area contributed by atoms with Gasteiger partial charge in [0, 0.05) is 38.5 Å². The molecular formula is C21H23N5O4S. The van der Waals surface area contributed by atoms with Gasteiger partial charge in [-0.05, 0) is 49.2 Å². The third-order valence-corrected chi connectivity index (χ3v) is 5.46. The lowest BCUT2D eigenvalue weighted by Crippen LogP contribution is -2.25. The van der Waals surface area contributed by atoms with E-state index in [4.69, 9.17) is 9.88 Å². The highest BCUT2D eigenvalue weighted by atomic mass is 32.2. The topological polar surface area (TPSA) is 128 Å². The van der Waals surface area contributed by atoms with Crippen LogP contribution in [-0.4, -0.2) is 47.8 Å². The lowest BCUT2D eigenvalue weighted by atomic mass is 10.1. The molecule has 0 radical (unpaired) electrons. The molecule has 31 heavy (non-hydrogen) atoms. The van der Waals surface area contributed by atoms with Gasteiger partial charge in [-0.25, -0.2) is 18.5 Å². The number of hydrogen-bond donors (Lipinski definition) is 1. The summed E-state index contributed by atoms with van der Waals surface area (Å²) in [6, 6.07) is 10.2. The quantitative estimate of drug-likeness (QED) is 0.568. The zero-order valence-corrected chi connectivity index (χ0v) is 18.0. The standard InChI is InChI=1S/C21H23N5O4S/c1-15(27)26(2)11-3-4-17-12-23-14-21(25-17)30-18-7-5-16(6-8-18)20-10-9-19(13-24-20)31(22,28)29/h5-10,12-14H,3-4,11H2,1-2H3,(H2,22,28,29). The fourth-order valence-electron chi connectivity index (χ4n) is 2.74. The summed E-state index contributed by atoms with van der Waals surface area (Å²) in [6.45, 7) is 2.19. The third kappa shape index (κ3) is 6.30. The first-order chi connectivity index (χ1) is 14.7. The van der Waals surface area contributed by atoms with Crippen LogP contribution in [0.4, 0.5) is 0 Å². The molecule has 9 nitrogen and oxygen atoms in total. The average Bonchev–Trinajstić information content (AvgIpc) is 2.74. The third-order valence-electron chi connectivity index (χ3n) is 4.56. The Morgan fingerprint density at radius 3 is 2.45 bits per heavy atom. The van der Waals surface area contributed by atoms with E-state index in [0.29, 0.717) is 30.3 Å². The largest absolute Gasteiger partial charge is 0.437 e. The molecule has 3 aromatic rings. The molecule has 10 heteroatoms. The summed E-state index contributed by atoms with van der Waals surface area (Å²) in [7, 11) is -2.01. The zero-order valence-electron chi connectivity index (χ0n) is 17.2. The number of primary sulfonamides is 1. The van der Waals surface area contributed by atoms with Gasteiger partial charge in [0.2, 0.25) is 21.8 Å². The molecule has 0 unspecified atom stereocenters. The van der Waals surface area contributed by atoms with Crippen LogP contribution >= 0.6 is 0 Å². The fourth-order valence-corrected chi connectivity index (χ4v) is 3.20. The maximum Gasteiger partial charge on any atom is 0.239 e. The van der Waals surface area contributed by atoms with Gasteiger partial charge in [0.05, 0.1) is 17.6 Å². The Bertz CT molecular complexity index is 1150. The van der Waals surface area contributed by atoms with E-state index in [9.17, 15) is 13.2 Å². The number of pyridine rings is 1. The van der Waals surface area contributed by atoms with E-state index in [-0.39, 0.29) is 10.8 Å². The van der Waals surface area contributed by atoms with Crippen LogP contribution in [0.3, 0.4) is 0 Å². The van der Waals surface area contributed by atoms with Crippen molar-refractivity contribution in [3.8, 4) is 22.9 Å². The molecule has 2 aromatic heterocycles. The SMILES string of the molecule is CC(=O)N(C)CCCc1cncc(Oc2ccc(-c3ccc(S(N)(=O)=O)cn3)cc2)n1. The van der Waals surface area contributed by atoms with Gasteiger partial charge in [-0.2, -0.15) is 0 Å². The summed E-state index contributed by atoms with van der Waals surface area (Å²) in [4.78, 5) is 25.6.